The molecule has 1 atom stereocenters. The van der Waals surface area contributed by atoms with Crippen LogP contribution in [0.3, 0.4) is 0 Å². The van der Waals surface area contributed by atoms with Gasteiger partial charge in [-0.1, -0.05) is 60.7 Å². The summed E-state index contributed by atoms with van der Waals surface area (Å²) in [5, 5.41) is 20.0. The van der Waals surface area contributed by atoms with Crippen LogP contribution in [-0.2, 0) is 0 Å². The van der Waals surface area contributed by atoms with Gasteiger partial charge < -0.3 is 10.2 Å². The first-order valence-electron chi connectivity index (χ1n) is 6.87. The Morgan fingerprint density at radius 3 is 2.00 bits per heavy atom. The molecule has 0 radical (unpaired) electrons. The number of phenols is 2. The number of hydrogen-bond acceptors (Lipinski definition) is 2. The number of para-hydroxylation sites is 1. The van der Waals surface area contributed by atoms with Crippen molar-refractivity contribution in [2.45, 2.75) is 5.92 Å². The highest BCUT2D eigenvalue weighted by Crippen LogP contribution is 2.37. The Labute approximate surface area is 123 Å². The van der Waals surface area contributed by atoms with Gasteiger partial charge in [0.05, 0.1) is 0 Å². The molecular weight excluding hydrogens is 260 g/mol. The van der Waals surface area contributed by atoms with Crippen LogP contribution in [0.25, 0.3) is 0 Å². The van der Waals surface area contributed by atoms with Crippen molar-refractivity contribution in [2.24, 2.45) is 0 Å². The van der Waals surface area contributed by atoms with Gasteiger partial charge in [-0.3, -0.25) is 0 Å². The molecule has 0 aliphatic carbocycles. The topological polar surface area (TPSA) is 40.5 Å². The highest BCUT2D eigenvalue weighted by atomic mass is 16.3. The summed E-state index contributed by atoms with van der Waals surface area (Å²) in [5.74, 6) is 0.373. The number of phenolic OH excluding ortho intramolecular Hbond substituents is 2. The van der Waals surface area contributed by atoms with Gasteiger partial charge in [-0.15, -0.1) is 0 Å². The minimum atomic E-state index is -0.112. The van der Waals surface area contributed by atoms with Crippen LogP contribution in [0.5, 0.6) is 11.5 Å². The van der Waals surface area contributed by atoms with Gasteiger partial charge in [0.15, 0.2) is 0 Å². The lowest BCUT2D eigenvalue weighted by Crippen LogP contribution is -2.03. The average molecular weight is 276 g/mol. The molecule has 0 aliphatic rings. The summed E-state index contributed by atoms with van der Waals surface area (Å²) < 4.78 is 0. The molecule has 0 bridgehead atoms. The maximum absolute atomic E-state index is 10.2. The molecule has 0 spiro atoms. The third-order valence-electron chi connectivity index (χ3n) is 3.58. The van der Waals surface area contributed by atoms with Crippen molar-refractivity contribution in [1.82, 2.24) is 0 Å². The van der Waals surface area contributed by atoms with Crippen LogP contribution in [-0.4, -0.2) is 10.2 Å². The maximum atomic E-state index is 10.2. The zero-order chi connectivity index (χ0) is 14.7. The largest absolute Gasteiger partial charge is 0.508 e. The van der Waals surface area contributed by atoms with Crippen molar-refractivity contribution in [2.75, 3.05) is 0 Å². The Bertz CT molecular complexity index is 735. The summed E-state index contributed by atoms with van der Waals surface area (Å²) in [5.41, 5.74) is 2.85. The standard InChI is InChI=1S/C19H16O2/c20-16-10-6-9-15(13-16)19(14-7-2-1-3-8-14)17-11-4-5-12-18(17)21/h1-13,19-21H. The Morgan fingerprint density at radius 2 is 1.29 bits per heavy atom. The van der Waals surface area contributed by atoms with Crippen LogP contribution in [0.2, 0.25) is 0 Å². The summed E-state index contributed by atoms with van der Waals surface area (Å²) in [6, 6.07) is 24.5. The molecule has 3 aromatic rings. The fraction of sp³-hybridized carbons (Fsp3) is 0.0526. The summed E-state index contributed by atoms with van der Waals surface area (Å²) in [7, 11) is 0. The Hall–Kier alpha value is -2.74. The Morgan fingerprint density at radius 1 is 0.619 bits per heavy atom. The molecule has 2 N–H and O–H groups in total. The van der Waals surface area contributed by atoms with E-state index in [1.54, 1.807) is 18.2 Å². The minimum absolute atomic E-state index is 0.112. The summed E-state index contributed by atoms with van der Waals surface area (Å²) in [6.45, 7) is 0. The third kappa shape index (κ3) is 2.75. The molecule has 3 rings (SSSR count). The van der Waals surface area contributed by atoms with Crippen LogP contribution in [0, 0.1) is 0 Å². The quantitative estimate of drug-likeness (QED) is 0.701. The van der Waals surface area contributed by atoms with E-state index in [2.05, 4.69) is 0 Å². The molecule has 0 saturated carbocycles. The van der Waals surface area contributed by atoms with E-state index in [-0.39, 0.29) is 17.4 Å². The Balaban J connectivity index is 2.19. The van der Waals surface area contributed by atoms with Crippen LogP contribution >= 0.6 is 0 Å². The molecule has 1 unspecified atom stereocenters. The molecule has 0 fully saturated rings. The van der Waals surface area contributed by atoms with Gasteiger partial charge in [-0.2, -0.15) is 0 Å². The van der Waals surface area contributed by atoms with Crippen molar-refractivity contribution < 1.29 is 10.2 Å². The van der Waals surface area contributed by atoms with E-state index >= 15 is 0 Å². The van der Waals surface area contributed by atoms with Gasteiger partial charge in [0.25, 0.3) is 0 Å². The monoisotopic (exact) mass is 276 g/mol. The van der Waals surface area contributed by atoms with E-state index in [9.17, 15) is 10.2 Å². The van der Waals surface area contributed by atoms with Gasteiger partial charge in [0, 0.05) is 11.5 Å². The van der Waals surface area contributed by atoms with E-state index in [4.69, 9.17) is 0 Å². The lowest BCUT2D eigenvalue weighted by Gasteiger charge is -2.20. The smallest absolute Gasteiger partial charge is 0.119 e. The lowest BCUT2D eigenvalue weighted by atomic mass is 9.84. The van der Waals surface area contributed by atoms with Crippen LogP contribution < -0.4 is 0 Å². The second kappa shape index (κ2) is 5.71. The molecule has 0 amide bonds. The van der Waals surface area contributed by atoms with Crippen molar-refractivity contribution in [3.63, 3.8) is 0 Å². The zero-order valence-corrected chi connectivity index (χ0v) is 11.5. The molecule has 2 nitrogen and oxygen atoms in total. The second-order valence-electron chi connectivity index (χ2n) is 5.00. The summed E-state index contributed by atoms with van der Waals surface area (Å²) in [4.78, 5) is 0. The lowest BCUT2D eigenvalue weighted by molar-refractivity contribution is 0.465. The SMILES string of the molecule is Oc1cccc(C(c2ccccc2)c2ccccc2O)c1. The molecule has 0 aromatic heterocycles. The van der Waals surface area contributed by atoms with Gasteiger partial charge in [0.1, 0.15) is 11.5 Å². The predicted octanol–water partition coefficient (Wildman–Crippen LogP) is 4.28. The number of benzene rings is 3. The van der Waals surface area contributed by atoms with E-state index in [1.165, 1.54) is 0 Å². The average Bonchev–Trinajstić information content (AvgIpc) is 2.51. The molecule has 3 aromatic carbocycles. The molecule has 0 saturated heterocycles. The number of rotatable bonds is 3. The highest BCUT2D eigenvalue weighted by molar-refractivity contribution is 5.49. The summed E-state index contributed by atoms with van der Waals surface area (Å²) in [6.07, 6.45) is 0. The van der Waals surface area contributed by atoms with Crippen molar-refractivity contribution >= 4 is 0 Å². The zero-order valence-electron chi connectivity index (χ0n) is 11.5. The first-order chi connectivity index (χ1) is 10.3. The van der Waals surface area contributed by atoms with Crippen molar-refractivity contribution in [3.8, 4) is 11.5 Å². The molecule has 2 heteroatoms. The molecule has 0 heterocycles. The molecular formula is C19H16O2. The van der Waals surface area contributed by atoms with Gasteiger partial charge in [0.2, 0.25) is 0 Å². The van der Waals surface area contributed by atoms with Crippen LogP contribution in [0.1, 0.15) is 22.6 Å². The van der Waals surface area contributed by atoms with Crippen LogP contribution in [0.15, 0.2) is 78.9 Å². The predicted molar refractivity (Wildman–Crippen MR) is 83.6 cm³/mol. The number of hydrogen-bond donors (Lipinski definition) is 2. The van der Waals surface area contributed by atoms with Gasteiger partial charge in [-0.25, -0.2) is 0 Å². The fourth-order valence-electron chi connectivity index (χ4n) is 2.63. The summed E-state index contributed by atoms with van der Waals surface area (Å²) >= 11 is 0. The highest BCUT2D eigenvalue weighted by Gasteiger charge is 2.19. The van der Waals surface area contributed by atoms with E-state index in [1.807, 2.05) is 60.7 Å². The van der Waals surface area contributed by atoms with Gasteiger partial charge in [-0.05, 0) is 29.3 Å². The van der Waals surface area contributed by atoms with E-state index in [0.29, 0.717) is 0 Å². The van der Waals surface area contributed by atoms with E-state index < -0.39 is 0 Å². The molecule has 0 aliphatic heterocycles. The second-order valence-corrected chi connectivity index (χ2v) is 5.00. The third-order valence-corrected chi connectivity index (χ3v) is 3.58. The maximum Gasteiger partial charge on any atom is 0.119 e. The van der Waals surface area contributed by atoms with Crippen molar-refractivity contribution in [1.29, 1.82) is 0 Å². The fourth-order valence-corrected chi connectivity index (χ4v) is 2.63. The van der Waals surface area contributed by atoms with Crippen molar-refractivity contribution in [3.05, 3.63) is 95.6 Å². The first kappa shape index (κ1) is 13.3. The van der Waals surface area contributed by atoms with E-state index in [0.717, 1.165) is 16.7 Å². The minimum Gasteiger partial charge on any atom is -0.508 e. The number of aromatic hydroxyl groups is 2. The van der Waals surface area contributed by atoms with Gasteiger partial charge >= 0.3 is 0 Å². The first-order valence-corrected chi connectivity index (χ1v) is 6.87. The Kier molecular flexibility index (Phi) is 3.61. The van der Waals surface area contributed by atoms with Crippen LogP contribution in [0.4, 0.5) is 0 Å². The normalized spacial score (nSPS) is 12.0. The molecule has 21 heavy (non-hydrogen) atoms. The molecule has 104 valence electrons.